The number of nitrogens with zero attached hydrogens (tertiary/aromatic N) is 2. The van der Waals surface area contributed by atoms with E-state index in [0.29, 0.717) is 17.8 Å². The lowest BCUT2D eigenvalue weighted by atomic mass is 10.0. The predicted octanol–water partition coefficient (Wildman–Crippen LogP) is 3.46. The van der Waals surface area contributed by atoms with Gasteiger partial charge in [0.1, 0.15) is 5.65 Å². The van der Waals surface area contributed by atoms with E-state index >= 15 is 0 Å². The van der Waals surface area contributed by atoms with Crippen molar-refractivity contribution in [2.75, 3.05) is 11.9 Å². The molecule has 3 aromatic rings. The number of aromatic nitrogens is 2. The predicted molar refractivity (Wildman–Crippen MR) is 73.6 cm³/mol. The Morgan fingerprint density at radius 2 is 2.00 bits per heavy atom. The van der Waals surface area contributed by atoms with E-state index < -0.39 is 11.6 Å². The molecule has 100 valence electrons. The first-order chi connectivity index (χ1) is 9.65. The largest absolute Gasteiger partial charge is 0.370 e. The molecule has 4 rings (SSSR count). The van der Waals surface area contributed by atoms with Gasteiger partial charge in [0, 0.05) is 48.7 Å². The van der Waals surface area contributed by atoms with Gasteiger partial charge in [-0.1, -0.05) is 0 Å². The smallest absolute Gasteiger partial charge is 0.160 e. The van der Waals surface area contributed by atoms with E-state index in [-0.39, 0.29) is 0 Å². The van der Waals surface area contributed by atoms with Crippen LogP contribution >= 0.6 is 0 Å². The van der Waals surface area contributed by atoms with Gasteiger partial charge in [0.05, 0.1) is 0 Å². The van der Waals surface area contributed by atoms with Crippen LogP contribution in [0.2, 0.25) is 0 Å². The first-order valence-corrected chi connectivity index (χ1v) is 6.30. The van der Waals surface area contributed by atoms with Crippen molar-refractivity contribution in [1.29, 1.82) is 0 Å². The fourth-order valence-corrected chi connectivity index (χ4v) is 2.88. The monoisotopic (exact) mass is 271 g/mol. The highest BCUT2D eigenvalue weighted by Gasteiger charge is 2.22. The Labute approximate surface area is 113 Å². The molecule has 1 aromatic carbocycles. The highest BCUT2D eigenvalue weighted by molar-refractivity contribution is 6.00. The molecule has 20 heavy (non-hydrogen) atoms. The van der Waals surface area contributed by atoms with E-state index in [1.807, 2.05) is 24.2 Å². The molecule has 1 N–H and O–H groups in total. The number of H-pyrrole nitrogens is 1. The molecular formula is C15H11F2N3. The Morgan fingerprint density at radius 1 is 1.20 bits per heavy atom. The molecule has 3 nitrogen and oxygen atoms in total. The van der Waals surface area contributed by atoms with Gasteiger partial charge in [0.2, 0.25) is 0 Å². The number of halogens is 2. The number of nitrogens with one attached hydrogen (secondary N) is 1. The maximum Gasteiger partial charge on any atom is 0.160 e. The van der Waals surface area contributed by atoms with Crippen molar-refractivity contribution in [3.8, 4) is 11.1 Å². The topological polar surface area (TPSA) is 31.9 Å². The molecule has 0 unspecified atom stereocenters. The molecule has 0 amide bonds. The number of rotatable bonds is 0. The second-order valence-electron chi connectivity index (χ2n) is 5.04. The van der Waals surface area contributed by atoms with Gasteiger partial charge in [-0.25, -0.2) is 13.8 Å². The van der Waals surface area contributed by atoms with E-state index in [4.69, 9.17) is 0 Å². The fraction of sp³-hybridized carbons (Fsp3) is 0.133. The molecular weight excluding hydrogens is 260 g/mol. The molecule has 1 aliphatic heterocycles. The molecule has 0 saturated carbocycles. The summed E-state index contributed by atoms with van der Waals surface area (Å²) in [5.74, 6) is -1.66. The molecule has 0 radical (unpaired) electrons. The standard InChI is InChI=1S/C15H11F2N3/c1-20-7-8-6-19-15-14(8)9(2-3-18-15)10-4-11(16)12(17)5-13(10)20/h2-6H,7H2,1H3,(H,18,19). The molecule has 0 saturated heterocycles. The van der Waals surface area contributed by atoms with Gasteiger partial charge in [0.15, 0.2) is 11.6 Å². The van der Waals surface area contributed by atoms with Gasteiger partial charge in [-0.15, -0.1) is 0 Å². The zero-order valence-corrected chi connectivity index (χ0v) is 10.7. The minimum absolute atomic E-state index is 0.622. The lowest BCUT2D eigenvalue weighted by molar-refractivity contribution is 0.509. The van der Waals surface area contributed by atoms with Crippen molar-refractivity contribution in [3.05, 3.63) is 47.8 Å². The molecule has 0 fully saturated rings. The average Bonchev–Trinajstić information content (AvgIpc) is 2.79. The van der Waals surface area contributed by atoms with Gasteiger partial charge in [0.25, 0.3) is 0 Å². The summed E-state index contributed by atoms with van der Waals surface area (Å²) in [7, 11) is 1.87. The normalized spacial score (nSPS) is 13.4. The highest BCUT2D eigenvalue weighted by atomic mass is 19.2. The van der Waals surface area contributed by atoms with Gasteiger partial charge < -0.3 is 9.88 Å². The SMILES string of the molecule is CN1Cc2c[nH]c3nccc(c23)-c2cc(F)c(F)cc21. The number of pyridine rings is 1. The first kappa shape index (κ1) is 11.4. The number of benzene rings is 1. The summed E-state index contributed by atoms with van der Waals surface area (Å²) in [6.07, 6.45) is 3.57. The fourth-order valence-electron chi connectivity index (χ4n) is 2.88. The first-order valence-electron chi connectivity index (χ1n) is 6.30. The number of aromatic amines is 1. The quantitative estimate of drug-likeness (QED) is 0.679. The minimum Gasteiger partial charge on any atom is -0.370 e. The van der Waals surface area contributed by atoms with Crippen molar-refractivity contribution < 1.29 is 8.78 Å². The van der Waals surface area contributed by atoms with Crippen molar-refractivity contribution in [1.82, 2.24) is 9.97 Å². The van der Waals surface area contributed by atoms with Gasteiger partial charge in [-0.2, -0.15) is 0 Å². The summed E-state index contributed by atoms with van der Waals surface area (Å²) < 4.78 is 27.2. The molecule has 1 aliphatic rings. The summed E-state index contributed by atoms with van der Waals surface area (Å²) >= 11 is 0. The summed E-state index contributed by atoms with van der Waals surface area (Å²) in [6.45, 7) is 0.622. The second kappa shape index (κ2) is 3.79. The van der Waals surface area contributed by atoms with Crippen LogP contribution in [-0.4, -0.2) is 17.0 Å². The zero-order valence-electron chi connectivity index (χ0n) is 10.7. The molecule has 0 spiro atoms. The number of hydrogen-bond acceptors (Lipinski definition) is 2. The van der Waals surface area contributed by atoms with Gasteiger partial charge >= 0.3 is 0 Å². The van der Waals surface area contributed by atoms with Crippen LogP contribution < -0.4 is 4.90 Å². The molecule has 0 bridgehead atoms. The Balaban J connectivity index is 2.15. The van der Waals surface area contributed by atoms with Crippen LogP contribution in [0, 0.1) is 11.6 Å². The Hall–Kier alpha value is -2.43. The lowest BCUT2D eigenvalue weighted by Crippen LogP contribution is -2.16. The van der Waals surface area contributed by atoms with Crippen LogP contribution in [0.1, 0.15) is 5.56 Å². The summed E-state index contributed by atoms with van der Waals surface area (Å²) in [4.78, 5) is 9.32. The maximum atomic E-state index is 13.6. The van der Waals surface area contributed by atoms with Gasteiger partial charge in [-0.3, -0.25) is 0 Å². The van der Waals surface area contributed by atoms with E-state index in [1.54, 1.807) is 6.20 Å². The minimum atomic E-state index is -0.832. The van der Waals surface area contributed by atoms with Crippen LogP contribution in [0.4, 0.5) is 14.5 Å². The van der Waals surface area contributed by atoms with Crippen LogP contribution in [0.25, 0.3) is 22.2 Å². The summed E-state index contributed by atoms with van der Waals surface area (Å²) in [5.41, 5.74) is 4.10. The number of fused-ring (bicyclic) bond motifs is 2. The van der Waals surface area contributed by atoms with E-state index in [0.717, 1.165) is 22.2 Å². The molecule has 2 aromatic heterocycles. The number of anilines is 1. The highest BCUT2D eigenvalue weighted by Crippen LogP contribution is 2.40. The van der Waals surface area contributed by atoms with Crippen molar-refractivity contribution in [3.63, 3.8) is 0 Å². The molecule has 3 heterocycles. The molecule has 0 aliphatic carbocycles. The maximum absolute atomic E-state index is 13.6. The van der Waals surface area contributed by atoms with Crippen LogP contribution in [0.3, 0.4) is 0 Å². The van der Waals surface area contributed by atoms with Crippen LogP contribution in [0.5, 0.6) is 0 Å². The van der Waals surface area contributed by atoms with Crippen molar-refractivity contribution in [2.24, 2.45) is 0 Å². The summed E-state index contributed by atoms with van der Waals surface area (Å²) in [6, 6.07) is 4.36. The second-order valence-corrected chi connectivity index (χ2v) is 5.04. The third-order valence-corrected chi connectivity index (χ3v) is 3.80. The van der Waals surface area contributed by atoms with E-state index in [2.05, 4.69) is 9.97 Å². The van der Waals surface area contributed by atoms with Crippen molar-refractivity contribution in [2.45, 2.75) is 6.54 Å². The third kappa shape index (κ3) is 1.40. The Kier molecular flexibility index (Phi) is 2.16. The lowest BCUT2D eigenvalue weighted by Gasteiger charge is -2.20. The molecule has 0 atom stereocenters. The van der Waals surface area contributed by atoms with E-state index in [1.165, 1.54) is 12.1 Å². The van der Waals surface area contributed by atoms with Crippen LogP contribution in [-0.2, 0) is 6.54 Å². The Bertz CT molecular complexity index is 838. The average molecular weight is 271 g/mol. The van der Waals surface area contributed by atoms with Crippen LogP contribution in [0.15, 0.2) is 30.6 Å². The molecule has 5 heteroatoms. The van der Waals surface area contributed by atoms with Crippen molar-refractivity contribution >= 4 is 16.7 Å². The Morgan fingerprint density at radius 3 is 2.85 bits per heavy atom. The number of hydrogen-bond donors (Lipinski definition) is 1. The van der Waals surface area contributed by atoms with Gasteiger partial charge in [-0.05, 0) is 23.3 Å². The summed E-state index contributed by atoms with van der Waals surface area (Å²) in [5, 5.41) is 0.976. The van der Waals surface area contributed by atoms with E-state index in [9.17, 15) is 8.78 Å². The third-order valence-electron chi connectivity index (χ3n) is 3.80. The zero-order chi connectivity index (χ0) is 13.9.